The first-order valence-corrected chi connectivity index (χ1v) is 3.58. The number of nitrogens with zero attached hydrogens (tertiary/aromatic N) is 1. The maximum absolute atomic E-state index is 5.21. The van der Waals surface area contributed by atoms with Gasteiger partial charge < -0.3 is 4.74 Å². The Morgan fingerprint density at radius 1 is 1.70 bits per heavy atom. The highest BCUT2D eigenvalue weighted by Crippen LogP contribution is 2.01. The molecule has 0 aromatic heterocycles. The zero-order valence-corrected chi connectivity index (χ0v) is 6.55. The highest BCUT2D eigenvalue weighted by molar-refractivity contribution is 5.78. The number of ether oxygens (including phenoxy) is 1. The van der Waals surface area contributed by atoms with Crippen molar-refractivity contribution in [3.63, 3.8) is 0 Å². The molecule has 0 aromatic carbocycles. The van der Waals surface area contributed by atoms with Crippen LogP contribution in [0.5, 0.6) is 0 Å². The van der Waals surface area contributed by atoms with E-state index < -0.39 is 0 Å². The van der Waals surface area contributed by atoms with Gasteiger partial charge in [-0.05, 0) is 13.8 Å². The van der Waals surface area contributed by atoms with E-state index in [1.165, 1.54) is 5.57 Å². The number of hydrogen-bond acceptors (Lipinski definition) is 2. The van der Waals surface area contributed by atoms with Gasteiger partial charge in [-0.3, -0.25) is 4.99 Å². The molecule has 0 saturated heterocycles. The van der Waals surface area contributed by atoms with Crippen molar-refractivity contribution in [1.29, 1.82) is 0 Å². The Labute approximate surface area is 61.6 Å². The van der Waals surface area contributed by atoms with Gasteiger partial charge in [0.25, 0.3) is 0 Å². The van der Waals surface area contributed by atoms with E-state index in [0.717, 1.165) is 25.5 Å². The van der Waals surface area contributed by atoms with Gasteiger partial charge in [0.2, 0.25) is 0 Å². The van der Waals surface area contributed by atoms with E-state index in [1.807, 2.05) is 0 Å². The SMILES string of the molecule is CC(C)=CCC1=NCCO1. The summed E-state index contributed by atoms with van der Waals surface area (Å²) in [6.45, 7) is 5.77. The Kier molecular flexibility index (Phi) is 2.49. The summed E-state index contributed by atoms with van der Waals surface area (Å²) in [7, 11) is 0. The summed E-state index contributed by atoms with van der Waals surface area (Å²) in [6.07, 6.45) is 2.99. The first-order chi connectivity index (χ1) is 4.79. The van der Waals surface area contributed by atoms with Gasteiger partial charge in [0.15, 0.2) is 5.90 Å². The topological polar surface area (TPSA) is 21.6 Å². The molecular formula is C8H13NO. The van der Waals surface area contributed by atoms with Crippen molar-refractivity contribution < 1.29 is 4.74 Å². The van der Waals surface area contributed by atoms with Crippen LogP contribution in [0.1, 0.15) is 20.3 Å². The second kappa shape index (κ2) is 3.40. The van der Waals surface area contributed by atoms with E-state index in [4.69, 9.17) is 4.74 Å². The van der Waals surface area contributed by atoms with Crippen LogP contribution < -0.4 is 0 Å². The fourth-order valence-electron chi connectivity index (χ4n) is 0.794. The number of hydrogen-bond donors (Lipinski definition) is 0. The second-order valence-electron chi connectivity index (χ2n) is 2.61. The lowest BCUT2D eigenvalue weighted by atomic mass is 10.3. The lowest BCUT2D eigenvalue weighted by Gasteiger charge is -1.95. The van der Waals surface area contributed by atoms with Crippen LogP contribution in [0.15, 0.2) is 16.6 Å². The van der Waals surface area contributed by atoms with Crippen molar-refractivity contribution in [2.45, 2.75) is 20.3 Å². The van der Waals surface area contributed by atoms with E-state index in [-0.39, 0.29) is 0 Å². The molecule has 1 heterocycles. The summed E-state index contributed by atoms with van der Waals surface area (Å²) < 4.78 is 5.21. The van der Waals surface area contributed by atoms with Gasteiger partial charge >= 0.3 is 0 Å². The van der Waals surface area contributed by atoms with Crippen molar-refractivity contribution >= 4 is 5.90 Å². The minimum atomic E-state index is 0.770. The van der Waals surface area contributed by atoms with Gasteiger partial charge in [-0.1, -0.05) is 11.6 Å². The summed E-state index contributed by atoms with van der Waals surface area (Å²) in [5.74, 6) is 0.890. The van der Waals surface area contributed by atoms with Crippen molar-refractivity contribution in [3.8, 4) is 0 Å². The third kappa shape index (κ3) is 2.21. The predicted octanol–water partition coefficient (Wildman–Crippen LogP) is 1.77. The second-order valence-corrected chi connectivity index (χ2v) is 2.61. The van der Waals surface area contributed by atoms with Gasteiger partial charge in [0.05, 0.1) is 6.54 Å². The molecule has 1 aliphatic heterocycles. The normalized spacial score (nSPS) is 16.0. The van der Waals surface area contributed by atoms with Crippen LogP contribution in [0, 0.1) is 0 Å². The number of rotatable bonds is 2. The third-order valence-electron chi connectivity index (χ3n) is 1.33. The van der Waals surface area contributed by atoms with Crippen LogP contribution >= 0.6 is 0 Å². The lowest BCUT2D eigenvalue weighted by Crippen LogP contribution is -1.96. The van der Waals surface area contributed by atoms with Crippen LogP contribution in [-0.4, -0.2) is 19.0 Å². The molecule has 0 fully saturated rings. The Hall–Kier alpha value is -0.790. The summed E-state index contributed by atoms with van der Waals surface area (Å²) in [5, 5.41) is 0. The minimum absolute atomic E-state index is 0.770. The monoisotopic (exact) mass is 139 g/mol. The Morgan fingerprint density at radius 2 is 2.50 bits per heavy atom. The molecule has 1 aliphatic rings. The summed E-state index contributed by atoms with van der Waals surface area (Å²) in [6, 6.07) is 0. The molecular weight excluding hydrogens is 126 g/mol. The zero-order valence-electron chi connectivity index (χ0n) is 6.55. The maximum Gasteiger partial charge on any atom is 0.187 e. The quantitative estimate of drug-likeness (QED) is 0.534. The number of aliphatic imine (C=N–C) groups is 1. The van der Waals surface area contributed by atoms with Crippen molar-refractivity contribution in [3.05, 3.63) is 11.6 Å². The zero-order chi connectivity index (χ0) is 7.40. The molecule has 1 rings (SSSR count). The maximum atomic E-state index is 5.21. The molecule has 0 bridgehead atoms. The van der Waals surface area contributed by atoms with E-state index in [0.29, 0.717) is 0 Å². The summed E-state index contributed by atoms with van der Waals surface area (Å²) in [5.41, 5.74) is 1.32. The molecule has 56 valence electrons. The predicted molar refractivity (Wildman–Crippen MR) is 42.3 cm³/mol. The fourth-order valence-corrected chi connectivity index (χ4v) is 0.794. The van der Waals surface area contributed by atoms with Crippen LogP contribution in [0.25, 0.3) is 0 Å². The van der Waals surface area contributed by atoms with Crippen LogP contribution in [-0.2, 0) is 4.74 Å². The molecule has 2 heteroatoms. The third-order valence-corrected chi connectivity index (χ3v) is 1.33. The molecule has 0 amide bonds. The lowest BCUT2D eigenvalue weighted by molar-refractivity contribution is 0.341. The van der Waals surface area contributed by atoms with Crippen LogP contribution in [0.3, 0.4) is 0 Å². The average molecular weight is 139 g/mol. The van der Waals surface area contributed by atoms with Crippen molar-refractivity contribution in [2.75, 3.05) is 13.2 Å². The molecule has 0 N–H and O–H groups in total. The first kappa shape index (κ1) is 7.32. The fraction of sp³-hybridized carbons (Fsp3) is 0.625. The van der Waals surface area contributed by atoms with Gasteiger partial charge in [-0.25, -0.2) is 0 Å². The van der Waals surface area contributed by atoms with Gasteiger partial charge in [0.1, 0.15) is 6.61 Å². The van der Waals surface area contributed by atoms with Crippen molar-refractivity contribution in [2.24, 2.45) is 4.99 Å². The van der Waals surface area contributed by atoms with Crippen LogP contribution in [0.2, 0.25) is 0 Å². The van der Waals surface area contributed by atoms with Gasteiger partial charge in [-0.15, -0.1) is 0 Å². The molecule has 0 aromatic rings. The van der Waals surface area contributed by atoms with E-state index in [1.54, 1.807) is 0 Å². The Bertz CT molecular complexity index is 166. The molecule has 10 heavy (non-hydrogen) atoms. The van der Waals surface area contributed by atoms with E-state index in [2.05, 4.69) is 24.9 Å². The molecule has 0 saturated carbocycles. The Morgan fingerprint density at radius 3 is 3.00 bits per heavy atom. The van der Waals surface area contributed by atoms with E-state index >= 15 is 0 Å². The molecule has 0 spiro atoms. The minimum Gasteiger partial charge on any atom is -0.479 e. The molecule has 0 atom stereocenters. The van der Waals surface area contributed by atoms with Gasteiger partial charge in [-0.2, -0.15) is 0 Å². The average Bonchev–Trinajstić information content (AvgIpc) is 2.34. The molecule has 0 aliphatic carbocycles. The Balaban J connectivity index is 2.32. The van der Waals surface area contributed by atoms with Crippen LogP contribution in [0.4, 0.5) is 0 Å². The van der Waals surface area contributed by atoms with Crippen molar-refractivity contribution in [1.82, 2.24) is 0 Å². The molecule has 0 radical (unpaired) electrons. The highest BCUT2D eigenvalue weighted by Gasteiger charge is 2.03. The summed E-state index contributed by atoms with van der Waals surface area (Å²) in [4.78, 5) is 4.16. The summed E-state index contributed by atoms with van der Waals surface area (Å²) >= 11 is 0. The highest BCUT2D eigenvalue weighted by atomic mass is 16.5. The smallest absolute Gasteiger partial charge is 0.187 e. The molecule has 0 unspecified atom stereocenters. The standard InChI is InChI=1S/C8H13NO/c1-7(2)3-4-8-9-5-6-10-8/h3H,4-6H2,1-2H3. The number of allylic oxidation sites excluding steroid dienone is 1. The molecule has 2 nitrogen and oxygen atoms in total. The van der Waals surface area contributed by atoms with Gasteiger partial charge in [0, 0.05) is 6.42 Å². The van der Waals surface area contributed by atoms with E-state index in [9.17, 15) is 0 Å². The largest absolute Gasteiger partial charge is 0.479 e. The first-order valence-electron chi connectivity index (χ1n) is 3.58.